The normalized spacial score (nSPS) is 10.9. The van der Waals surface area contributed by atoms with E-state index in [9.17, 15) is 14.4 Å². The van der Waals surface area contributed by atoms with Gasteiger partial charge in [-0.1, -0.05) is 12.1 Å². The minimum atomic E-state index is -0.653. The number of benzene rings is 1. The van der Waals surface area contributed by atoms with E-state index >= 15 is 0 Å². The quantitative estimate of drug-likeness (QED) is 0.516. The summed E-state index contributed by atoms with van der Waals surface area (Å²) in [5.41, 5.74) is 0.825. The highest BCUT2D eigenvalue weighted by molar-refractivity contribution is 5.93. The lowest BCUT2D eigenvalue weighted by molar-refractivity contribution is -0.126. The molecule has 0 atom stereocenters. The van der Waals surface area contributed by atoms with E-state index in [2.05, 4.69) is 16.0 Å². The van der Waals surface area contributed by atoms with Crippen LogP contribution in [0.1, 0.15) is 26.3 Å². The van der Waals surface area contributed by atoms with Crippen LogP contribution in [0.15, 0.2) is 24.3 Å². The molecule has 0 saturated heterocycles. The molecule has 0 saturated carbocycles. The van der Waals surface area contributed by atoms with Crippen LogP contribution in [-0.4, -0.2) is 57.0 Å². The van der Waals surface area contributed by atoms with E-state index in [-0.39, 0.29) is 25.0 Å². The first-order valence-electron chi connectivity index (χ1n) is 8.88. The van der Waals surface area contributed by atoms with Gasteiger partial charge in [-0.25, -0.2) is 4.79 Å². The summed E-state index contributed by atoms with van der Waals surface area (Å²) < 4.78 is 15.0. The van der Waals surface area contributed by atoms with Crippen molar-refractivity contribution < 1.29 is 28.6 Å². The Morgan fingerprint density at radius 1 is 0.964 bits per heavy atom. The van der Waals surface area contributed by atoms with Crippen LogP contribution in [0.2, 0.25) is 0 Å². The Hall–Kier alpha value is -2.65. The fraction of sp³-hybridized carbons (Fsp3) is 0.526. The number of methoxy groups -OCH3 is 1. The number of carbonyl (C=O) groups is 3. The SMILES string of the molecule is COCCOCC(=O)NCc1ccc(NC(=O)CNC(=O)OC(C)(C)C)cc1. The van der Waals surface area contributed by atoms with Gasteiger partial charge in [-0.3, -0.25) is 9.59 Å². The minimum Gasteiger partial charge on any atom is -0.444 e. The van der Waals surface area contributed by atoms with Crippen LogP contribution in [0.25, 0.3) is 0 Å². The first kappa shape index (κ1) is 23.4. The molecular formula is C19H29N3O6. The predicted molar refractivity (Wildman–Crippen MR) is 104 cm³/mol. The maximum Gasteiger partial charge on any atom is 0.408 e. The topological polar surface area (TPSA) is 115 Å². The number of carbonyl (C=O) groups excluding carboxylic acids is 3. The van der Waals surface area contributed by atoms with Crippen LogP contribution >= 0.6 is 0 Å². The van der Waals surface area contributed by atoms with Crippen molar-refractivity contribution in [3.05, 3.63) is 29.8 Å². The summed E-state index contributed by atoms with van der Waals surface area (Å²) in [5.74, 6) is -0.596. The maximum absolute atomic E-state index is 11.9. The van der Waals surface area contributed by atoms with E-state index in [4.69, 9.17) is 14.2 Å². The highest BCUT2D eigenvalue weighted by atomic mass is 16.6. The molecule has 3 N–H and O–H groups in total. The summed E-state index contributed by atoms with van der Waals surface area (Å²) in [4.78, 5) is 35.0. The number of hydrogen-bond donors (Lipinski definition) is 3. The lowest BCUT2D eigenvalue weighted by Crippen LogP contribution is -2.37. The fourth-order valence-electron chi connectivity index (χ4n) is 1.94. The summed E-state index contributed by atoms with van der Waals surface area (Å²) in [6.45, 7) is 6.15. The molecule has 0 aliphatic heterocycles. The van der Waals surface area contributed by atoms with E-state index in [0.29, 0.717) is 25.4 Å². The van der Waals surface area contributed by atoms with Gasteiger partial charge in [0.2, 0.25) is 11.8 Å². The smallest absolute Gasteiger partial charge is 0.408 e. The van der Waals surface area contributed by atoms with Gasteiger partial charge in [0.05, 0.1) is 13.2 Å². The fourth-order valence-corrected chi connectivity index (χ4v) is 1.94. The van der Waals surface area contributed by atoms with Gasteiger partial charge in [-0.15, -0.1) is 0 Å². The zero-order valence-corrected chi connectivity index (χ0v) is 16.8. The number of alkyl carbamates (subject to hydrolysis) is 1. The Morgan fingerprint density at radius 3 is 2.25 bits per heavy atom. The maximum atomic E-state index is 11.9. The first-order chi connectivity index (χ1) is 13.2. The Bertz CT molecular complexity index is 640. The average Bonchev–Trinajstić information content (AvgIpc) is 2.62. The van der Waals surface area contributed by atoms with Gasteiger partial charge in [0, 0.05) is 19.3 Å². The zero-order valence-electron chi connectivity index (χ0n) is 16.8. The molecule has 9 heteroatoms. The molecule has 0 aliphatic carbocycles. The molecule has 1 rings (SSSR count). The van der Waals surface area contributed by atoms with Gasteiger partial charge < -0.3 is 30.2 Å². The second-order valence-corrected chi connectivity index (χ2v) is 6.92. The van der Waals surface area contributed by atoms with Crippen LogP contribution < -0.4 is 16.0 Å². The lowest BCUT2D eigenvalue weighted by Gasteiger charge is -2.19. The molecule has 1 aromatic carbocycles. The number of amides is 3. The number of rotatable bonds is 10. The molecule has 0 fully saturated rings. The van der Waals surface area contributed by atoms with E-state index in [1.54, 1.807) is 52.1 Å². The van der Waals surface area contributed by atoms with Crippen LogP contribution in [0.5, 0.6) is 0 Å². The third-order valence-corrected chi connectivity index (χ3v) is 3.18. The zero-order chi connectivity index (χ0) is 21.0. The number of anilines is 1. The van der Waals surface area contributed by atoms with Crippen LogP contribution in [-0.2, 0) is 30.3 Å². The molecule has 0 heterocycles. The van der Waals surface area contributed by atoms with Crippen LogP contribution in [0.3, 0.4) is 0 Å². The van der Waals surface area contributed by atoms with E-state index in [1.165, 1.54) is 0 Å². The van der Waals surface area contributed by atoms with Crippen molar-refractivity contribution in [1.29, 1.82) is 0 Å². The highest BCUT2D eigenvalue weighted by Gasteiger charge is 2.16. The van der Waals surface area contributed by atoms with Crippen molar-refractivity contribution in [3.63, 3.8) is 0 Å². The number of nitrogens with one attached hydrogen (secondary N) is 3. The Morgan fingerprint density at radius 2 is 1.64 bits per heavy atom. The second-order valence-electron chi connectivity index (χ2n) is 6.92. The summed E-state index contributed by atoms with van der Waals surface area (Å²) in [5, 5.41) is 7.79. The highest BCUT2D eigenvalue weighted by Crippen LogP contribution is 2.09. The van der Waals surface area contributed by atoms with Gasteiger partial charge in [-0.2, -0.15) is 0 Å². The van der Waals surface area contributed by atoms with Gasteiger partial charge in [0.25, 0.3) is 0 Å². The Kier molecular flexibility index (Phi) is 9.97. The molecule has 9 nitrogen and oxygen atoms in total. The van der Waals surface area contributed by atoms with Crippen LogP contribution in [0, 0.1) is 0 Å². The van der Waals surface area contributed by atoms with Crippen molar-refractivity contribution in [2.45, 2.75) is 32.9 Å². The summed E-state index contributed by atoms with van der Waals surface area (Å²) in [7, 11) is 1.56. The van der Waals surface area contributed by atoms with Gasteiger partial charge in [0.1, 0.15) is 18.8 Å². The Balaban J connectivity index is 2.31. The summed E-state index contributed by atoms with van der Waals surface area (Å²) >= 11 is 0. The van der Waals surface area contributed by atoms with Gasteiger partial charge in [0.15, 0.2) is 0 Å². The third-order valence-electron chi connectivity index (χ3n) is 3.18. The van der Waals surface area contributed by atoms with Crippen molar-refractivity contribution in [3.8, 4) is 0 Å². The number of ether oxygens (including phenoxy) is 3. The molecule has 0 radical (unpaired) electrons. The second kappa shape index (κ2) is 11.9. The van der Waals surface area contributed by atoms with E-state index in [1.807, 2.05) is 0 Å². The first-order valence-corrected chi connectivity index (χ1v) is 8.88. The molecule has 156 valence electrons. The predicted octanol–water partition coefficient (Wildman–Crippen LogP) is 1.43. The minimum absolute atomic E-state index is 0.0256. The average molecular weight is 395 g/mol. The summed E-state index contributed by atoms with van der Waals surface area (Å²) in [6.07, 6.45) is -0.653. The van der Waals surface area contributed by atoms with Gasteiger partial charge >= 0.3 is 6.09 Å². The molecule has 0 aliphatic rings. The largest absolute Gasteiger partial charge is 0.444 e. The number of hydrogen-bond acceptors (Lipinski definition) is 6. The molecule has 3 amide bonds. The van der Waals surface area contributed by atoms with E-state index in [0.717, 1.165) is 5.56 Å². The molecule has 0 spiro atoms. The lowest BCUT2D eigenvalue weighted by atomic mass is 10.2. The Labute approximate surface area is 165 Å². The molecular weight excluding hydrogens is 366 g/mol. The molecule has 0 bridgehead atoms. The third kappa shape index (κ3) is 11.1. The molecule has 28 heavy (non-hydrogen) atoms. The van der Waals surface area contributed by atoms with Gasteiger partial charge in [-0.05, 0) is 38.5 Å². The van der Waals surface area contributed by atoms with Crippen molar-refractivity contribution in [1.82, 2.24) is 10.6 Å². The van der Waals surface area contributed by atoms with Crippen LogP contribution in [0.4, 0.5) is 10.5 Å². The van der Waals surface area contributed by atoms with Crippen molar-refractivity contribution in [2.75, 3.05) is 38.8 Å². The molecule has 0 unspecified atom stereocenters. The van der Waals surface area contributed by atoms with E-state index < -0.39 is 11.7 Å². The standard InChI is InChI=1S/C19H29N3O6/c1-19(2,3)28-18(25)21-12-16(23)22-15-7-5-14(6-8-15)11-20-17(24)13-27-10-9-26-4/h5-8H,9-13H2,1-4H3,(H,20,24)(H,21,25)(H,22,23). The van der Waals surface area contributed by atoms with Crippen molar-refractivity contribution in [2.24, 2.45) is 0 Å². The van der Waals surface area contributed by atoms with Crippen molar-refractivity contribution >= 4 is 23.6 Å². The molecule has 1 aromatic rings. The molecule has 0 aromatic heterocycles. The monoisotopic (exact) mass is 395 g/mol. The summed E-state index contributed by atoms with van der Waals surface area (Å²) in [6, 6.07) is 6.98.